The van der Waals surface area contributed by atoms with Gasteiger partial charge in [0.15, 0.2) is 0 Å². The van der Waals surface area contributed by atoms with E-state index < -0.39 is 0 Å². The summed E-state index contributed by atoms with van der Waals surface area (Å²) in [5.41, 5.74) is 3.85. The van der Waals surface area contributed by atoms with Crippen molar-refractivity contribution in [3.63, 3.8) is 0 Å². The minimum Gasteiger partial charge on any atom is -0.306 e. The zero-order chi connectivity index (χ0) is 12.1. The minimum absolute atomic E-state index is 0.323. The molecule has 0 aliphatic heterocycles. The largest absolute Gasteiger partial charge is 0.306 e. The molecule has 0 amide bonds. The molecular weight excluding hydrogens is 208 g/mol. The third-order valence-electron chi connectivity index (χ3n) is 2.88. The van der Waals surface area contributed by atoms with E-state index in [4.69, 9.17) is 0 Å². The number of hydrogen-bond acceptors (Lipinski definition) is 2. The van der Waals surface area contributed by atoms with Gasteiger partial charge in [0, 0.05) is 25.0 Å². The Morgan fingerprint density at radius 2 is 2.12 bits per heavy atom. The molecule has 17 heavy (non-hydrogen) atoms. The normalized spacial score (nSPS) is 12.4. The summed E-state index contributed by atoms with van der Waals surface area (Å²) in [6, 6.07) is 13.0. The van der Waals surface area contributed by atoms with Gasteiger partial charge in [0.2, 0.25) is 0 Å². The molecule has 0 fully saturated rings. The minimum atomic E-state index is 0.323. The number of rotatable bonds is 4. The van der Waals surface area contributed by atoms with E-state index in [1.165, 1.54) is 16.7 Å². The van der Waals surface area contributed by atoms with Crippen LogP contribution in [0.5, 0.6) is 0 Å². The number of aromatic nitrogens is 1. The van der Waals surface area contributed by atoms with Gasteiger partial charge in [-0.1, -0.05) is 35.9 Å². The maximum absolute atomic E-state index is 4.13. The number of nitrogens with zero attached hydrogens (tertiary/aromatic N) is 1. The molecule has 1 atom stereocenters. The summed E-state index contributed by atoms with van der Waals surface area (Å²) in [6.07, 6.45) is 3.71. The van der Waals surface area contributed by atoms with Crippen molar-refractivity contribution in [3.8, 4) is 0 Å². The fraction of sp³-hybridized carbons (Fsp3) is 0.267. The molecular formula is C15H18N2. The summed E-state index contributed by atoms with van der Waals surface area (Å²) in [7, 11) is 0. The van der Waals surface area contributed by atoms with Crippen LogP contribution in [0.25, 0.3) is 0 Å². The maximum Gasteiger partial charge on any atom is 0.0315 e. The van der Waals surface area contributed by atoms with E-state index in [1.54, 1.807) is 6.20 Å². The summed E-state index contributed by atoms with van der Waals surface area (Å²) in [5.74, 6) is 0. The van der Waals surface area contributed by atoms with Gasteiger partial charge in [0.25, 0.3) is 0 Å². The molecule has 0 aliphatic rings. The third-order valence-corrected chi connectivity index (χ3v) is 2.88. The number of aryl methyl sites for hydroxylation is 1. The van der Waals surface area contributed by atoms with Crippen LogP contribution in [0.3, 0.4) is 0 Å². The van der Waals surface area contributed by atoms with E-state index in [0.29, 0.717) is 6.04 Å². The van der Waals surface area contributed by atoms with Gasteiger partial charge in [0.05, 0.1) is 0 Å². The van der Waals surface area contributed by atoms with Gasteiger partial charge in [-0.3, -0.25) is 4.98 Å². The van der Waals surface area contributed by atoms with E-state index in [9.17, 15) is 0 Å². The second-order valence-corrected chi connectivity index (χ2v) is 4.38. The summed E-state index contributed by atoms with van der Waals surface area (Å²) in [4.78, 5) is 4.13. The zero-order valence-corrected chi connectivity index (χ0v) is 10.4. The van der Waals surface area contributed by atoms with Crippen molar-refractivity contribution in [1.29, 1.82) is 0 Å². The number of nitrogens with one attached hydrogen (secondary N) is 1. The monoisotopic (exact) mass is 226 g/mol. The highest BCUT2D eigenvalue weighted by atomic mass is 14.9. The van der Waals surface area contributed by atoms with E-state index in [0.717, 1.165) is 6.54 Å². The summed E-state index contributed by atoms with van der Waals surface area (Å²) < 4.78 is 0. The van der Waals surface area contributed by atoms with E-state index in [1.807, 2.05) is 12.3 Å². The van der Waals surface area contributed by atoms with E-state index in [-0.39, 0.29) is 0 Å². The maximum atomic E-state index is 4.13. The van der Waals surface area contributed by atoms with Crippen LogP contribution in [0, 0.1) is 6.92 Å². The second kappa shape index (κ2) is 5.60. The molecule has 2 nitrogen and oxygen atoms in total. The molecule has 0 spiro atoms. The third kappa shape index (κ3) is 3.40. The van der Waals surface area contributed by atoms with Gasteiger partial charge in [-0.15, -0.1) is 0 Å². The van der Waals surface area contributed by atoms with Gasteiger partial charge in [0.1, 0.15) is 0 Å². The Morgan fingerprint density at radius 3 is 2.82 bits per heavy atom. The predicted octanol–water partition coefficient (Wildman–Crippen LogP) is 3.24. The first-order chi connectivity index (χ1) is 8.25. The average molecular weight is 226 g/mol. The fourth-order valence-corrected chi connectivity index (χ4v) is 1.84. The SMILES string of the molecule is Cc1cccc(CN[C@H](C)c2cccnc2)c1. The highest BCUT2D eigenvalue weighted by Gasteiger charge is 2.04. The molecule has 2 heteroatoms. The summed E-state index contributed by atoms with van der Waals surface area (Å²) in [6.45, 7) is 5.17. The van der Waals surface area contributed by atoms with Crippen molar-refractivity contribution in [3.05, 3.63) is 65.5 Å². The van der Waals surface area contributed by atoms with Crippen molar-refractivity contribution in [2.45, 2.75) is 26.4 Å². The van der Waals surface area contributed by atoms with Crippen LogP contribution in [0.2, 0.25) is 0 Å². The molecule has 0 saturated carbocycles. The Bertz CT molecular complexity index is 465. The Hall–Kier alpha value is -1.67. The molecule has 2 rings (SSSR count). The van der Waals surface area contributed by atoms with Crippen LogP contribution in [-0.4, -0.2) is 4.98 Å². The highest BCUT2D eigenvalue weighted by Crippen LogP contribution is 2.11. The zero-order valence-electron chi connectivity index (χ0n) is 10.4. The Labute approximate surface area is 103 Å². The molecule has 2 aromatic rings. The quantitative estimate of drug-likeness (QED) is 0.865. The van der Waals surface area contributed by atoms with Crippen molar-refractivity contribution in [1.82, 2.24) is 10.3 Å². The summed E-state index contributed by atoms with van der Waals surface area (Å²) in [5, 5.41) is 3.50. The van der Waals surface area contributed by atoms with E-state index >= 15 is 0 Å². The van der Waals surface area contributed by atoms with Crippen LogP contribution in [0.15, 0.2) is 48.8 Å². The smallest absolute Gasteiger partial charge is 0.0315 e. The molecule has 0 unspecified atom stereocenters. The Morgan fingerprint density at radius 1 is 1.24 bits per heavy atom. The second-order valence-electron chi connectivity index (χ2n) is 4.38. The molecule has 88 valence electrons. The number of pyridine rings is 1. The molecule has 0 saturated heterocycles. The first-order valence-electron chi connectivity index (χ1n) is 5.94. The van der Waals surface area contributed by atoms with E-state index in [2.05, 4.69) is 54.5 Å². The standard InChI is InChI=1S/C15H18N2/c1-12-5-3-6-14(9-12)10-17-13(2)15-7-4-8-16-11-15/h3-9,11,13,17H,10H2,1-2H3/t13-/m1/s1. The Kier molecular flexibility index (Phi) is 3.89. The molecule has 0 radical (unpaired) electrons. The van der Waals surface area contributed by atoms with Crippen molar-refractivity contribution in [2.24, 2.45) is 0 Å². The highest BCUT2D eigenvalue weighted by molar-refractivity contribution is 5.22. The van der Waals surface area contributed by atoms with Gasteiger partial charge in [-0.2, -0.15) is 0 Å². The molecule has 0 bridgehead atoms. The van der Waals surface area contributed by atoms with Gasteiger partial charge < -0.3 is 5.32 Å². The van der Waals surface area contributed by atoms with Crippen molar-refractivity contribution >= 4 is 0 Å². The molecule has 1 N–H and O–H groups in total. The average Bonchev–Trinajstić information content (AvgIpc) is 2.37. The van der Waals surface area contributed by atoms with Crippen LogP contribution < -0.4 is 5.32 Å². The van der Waals surface area contributed by atoms with Crippen LogP contribution in [-0.2, 0) is 6.54 Å². The molecule has 1 aromatic carbocycles. The topological polar surface area (TPSA) is 24.9 Å². The first kappa shape index (κ1) is 11.8. The predicted molar refractivity (Wildman–Crippen MR) is 70.7 cm³/mol. The van der Waals surface area contributed by atoms with Crippen LogP contribution >= 0.6 is 0 Å². The molecule has 1 aromatic heterocycles. The Balaban J connectivity index is 1.95. The lowest BCUT2D eigenvalue weighted by Crippen LogP contribution is -2.18. The lowest BCUT2D eigenvalue weighted by atomic mass is 10.1. The number of benzene rings is 1. The number of hydrogen-bond donors (Lipinski definition) is 1. The summed E-state index contributed by atoms with van der Waals surface area (Å²) >= 11 is 0. The molecule has 1 heterocycles. The first-order valence-corrected chi connectivity index (χ1v) is 5.94. The molecule has 0 aliphatic carbocycles. The fourth-order valence-electron chi connectivity index (χ4n) is 1.84. The van der Waals surface area contributed by atoms with Gasteiger partial charge >= 0.3 is 0 Å². The van der Waals surface area contributed by atoms with Crippen LogP contribution in [0.4, 0.5) is 0 Å². The van der Waals surface area contributed by atoms with Gasteiger partial charge in [-0.25, -0.2) is 0 Å². The van der Waals surface area contributed by atoms with Gasteiger partial charge in [-0.05, 0) is 31.0 Å². The van der Waals surface area contributed by atoms with Crippen molar-refractivity contribution in [2.75, 3.05) is 0 Å². The van der Waals surface area contributed by atoms with Crippen LogP contribution in [0.1, 0.15) is 29.7 Å². The lowest BCUT2D eigenvalue weighted by Gasteiger charge is -2.14. The lowest BCUT2D eigenvalue weighted by molar-refractivity contribution is 0.573. The van der Waals surface area contributed by atoms with Crippen molar-refractivity contribution < 1.29 is 0 Å².